The second-order valence-electron chi connectivity index (χ2n) is 8.88. The van der Waals surface area contributed by atoms with Gasteiger partial charge in [-0.05, 0) is 49.2 Å². The van der Waals surface area contributed by atoms with Crippen LogP contribution >= 0.6 is 23.1 Å². The number of aryl methyl sites for hydroxylation is 1. The van der Waals surface area contributed by atoms with Crippen LogP contribution in [0, 0.1) is 17.0 Å². The molecule has 3 aromatic carbocycles. The quantitative estimate of drug-likeness (QED) is 0.192. The summed E-state index contributed by atoms with van der Waals surface area (Å²) in [6.07, 6.45) is 1.62. The fourth-order valence-electron chi connectivity index (χ4n) is 4.38. The molecule has 0 bridgehead atoms. The summed E-state index contributed by atoms with van der Waals surface area (Å²) in [6.45, 7) is 3.70. The highest BCUT2D eigenvalue weighted by Crippen LogP contribution is 2.36. The number of allylic oxidation sites excluding steroid dienone is 1. The summed E-state index contributed by atoms with van der Waals surface area (Å²) in [4.78, 5) is 44.3. The van der Waals surface area contributed by atoms with Crippen LogP contribution in [0.4, 0.5) is 5.69 Å². The van der Waals surface area contributed by atoms with Gasteiger partial charge in [0.05, 0.1) is 38.8 Å². The lowest BCUT2D eigenvalue weighted by atomic mass is 9.96. The van der Waals surface area contributed by atoms with Gasteiger partial charge >= 0.3 is 5.97 Å². The summed E-state index contributed by atoms with van der Waals surface area (Å²) in [6, 6.07) is 21.2. The number of ether oxygens (including phenoxy) is 1. The van der Waals surface area contributed by atoms with Crippen molar-refractivity contribution in [1.29, 1.82) is 0 Å². The zero-order valence-corrected chi connectivity index (χ0v) is 22.9. The molecule has 0 saturated carbocycles. The Morgan fingerprint density at radius 1 is 1.10 bits per heavy atom. The monoisotopic (exact) mass is 557 g/mol. The highest BCUT2D eigenvalue weighted by Gasteiger charge is 2.33. The first-order chi connectivity index (χ1) is 18.8. The van der Waals surface area contributed by atoms with Gasteiger partial charge in [0.15, 0.2) is 4.80 Å². The molecule has 0 radical (unpaired) electrons. The predicted octanol–water partition coefficient (Wildman–Crippen LogP) is 4.78. The standard InChI is InChI=1S/C29H23N3O5S2/c1-17-9-12-21(13-10-17)38-23-14-11-19(15-22(23)32(35)36)16-24-27(33)31-26(20-7-5-4-6-8-20)25(28(34)37-3)18(2)30-29(31)39-24/h4-16,26H,1-3H3. The number of hydrogen-bond donors (Lipinski definition) is 0. The number of carbonyl (C=O) groups is 1. The van der Waals surface area contributed by atoms with Gasteiger partial charge in [0.25, 0.3) is 11.2 Å². The fraction of sp³-hybridized carbons (Fsp3) is 0.138. The number of methoxy groups -OCH3 is 1. The van der Waals surface area contributed by atoms with E-state index in [1.165, 1.54) is 40.8 Å². The number of aromatic nitrogens is 1. The van der Waals surface area contributed by atoms with Crippen LogP contribution in [0.5, 0.6) is 0 Å². The minimum atomic E-state index is -0.709. The van der Waals surface area contributed by atoms with Gasteiger partial charge in [0, 0.05) is 11.0 Å². The van der Waals surface area contributed by atoms with Gasteiger partial charge in [-0.2, -0.15) is 0 Å². The fourth-order valence-corrected chi connectivity index (χ4v) is 6.33. The molecular weight excluding hydrogens is 534 g/mol. The Bertz CT molecular complexity index is 1810. The summed E-state index contributed by atoms with van der Waals surface area (Å²) >= 11 is 2.48. The molecule has 8 nitrogen and oxygen atoms in total. The third-order valence-corrected chi connectivity index (χ3v) is 8.32. The van der Waals surface area contributed by atoms with Crippen molar-refractivity contribution in [2.45, 2.75) is 29.7 Å². The second-order valence-corrected chi connectivity index (χ2v) is 11.0. The van der Waals surface area contributed by atoms with Gasteiger partial charge in [-0.15, -0.1) is 0 Å². The highest BCUT2D eigenvalue weighted by molar-refractivity contribution is 7.99. The van der Waals surface area contributed by atoms with E-state index in [0.29, 0.717) is 25.5 Å². The van der Waals surface area contributed by atoms with Gasteiger partial charge < -0.3 is 4.74 Å². The molecule has 1 atom stereocenters. The number of esters is 1. The predicted molar refractivity (Wildman–Crippen MR) is 151 cm³/mol. The van der Waals surface area contributed by atoms with Crippen LogP contribution < -0.4 is 14.9 Å². The Morgan fingerprint density at radius 2 is 1.82 bits per heavy atom. The molecule has 39 heavy (non-hydrogen) atoms. The van der Waals surface area contributed by atoms with Crippen molar-refractivity contribution in [2.75, 3.05) is 7.11 Å². The van der Waals surface area contributed by atoms with Gasteiger partial charge in [-0.3, -0.25) is 19.5 Å². The van der Waals surface area contributed by atoms with Crippen molar-refractivity contribution in [1.82, 2.24) is 4.57 Å². The Kier molecular flexibility index (Phi) is 7.32. The van der Waals surface area contributed by atoms with E-state index in [2.05, 4.69) is 4.99 Å². The third-order valence-electron chi connectivity index (χ3n) is 6.27. The molecule has 196 valence electrons. The van der Waals surface area contributed by atoms with E-state index in [1.54, 1.807) is 25.1 Å². The van der Waals surface area contributed by atoms with Crippen molar-refractivity contribution in [3.63, 3.8) is 0 Å². The average Bonchev–Trinajstić information content (AvgIpc) is 3.23. The smallest absolute Gasteiger partial charge is 0.338 e. The Balaban J connectivity index is 1.61. The average molecular weight is 558 g/mol. The van der Waals surface area contributed by atoms with E-state index in [0.717, 1.165) is 16.0 Å². The summed E-state index contributed by atoms with van der Waals surface area (Å²) in [5.41, 5.74) is 2.73. The van der Waals surface area contributed by atoms with Crippen LogP contribution in [0.1, 0.15) is 29.7 Å². The van der Waals surface area contributed by atoms with Crippen molar-refractivity contribution in [3.05, 3.63) is 131 Å². The number of benzene rings is 3. The molecule has 0 spiro atoms. The van der Waals surface area contributed by atoms with Crippen LogP contribution in [0.2, 0.25) is 0 Å². The SMILES string of the molecule is COC(=O)C1=C(C)N=c2sc(=Cc3ccc(Sc4ccc(C)cc4)c([N+](=O)[O-])c3)c(=O)n2C1c1ccccc1. The topological polar surface area (TPSA) is 104 Å². The largest absolute Gasteiger partial charge is 0.466 e. The summed E-state index contributed by atoms with van der Waals surface area (Å²) in [7, 11) is 1.30. The molecule has 2 heterocycles. The molecule has 0 N–H and O–H groups in total. The summed E-state index contributed by atoms with van der Waals surface area (Å²) < 4.78 is 6.86. The zero-order chi connectivity index (χ0) is 27.7. The van der Waals surface area contributed by atoms with Crippen molar-refractivity contribution >= 4 is 40.8 Å². The molecule has 1 aliphatic heterocycles. The molecule has 0 saturated heterocycles. The number of fused-ring (bicyclic) bond motifs is 1. The Hall–Kier alpha value is -4.28. The number of rotatable bonds is 6. The lowest BCUT2D eigenvalue weighted by Gasteiger charge is -2.24. The van der Waals surface area contributed by atoms with Crippen LogP contribution in [-0.2, 0) is 9.53 Å². The molecule has 1 aromatic heterocycles. The van der Waals surface area contributed by atoms with Crippen molar-refractivity contribution in [2.24, 2.45) is 4.99 Å². The maximum atomic E-state index is 13.7. The van der Waals surface area contributed by atoms with Crippen molar-refractivity contribution in [3.8, 4) is 0 Å². The second kappa shape index (κ2) is 10.8. The number of hydrogen-bond acceptors (Lipinski definition) is 8. The maximum Gasteiger partial charge on any atom is 0.338 e. The van der Waals surface area contributed by atoms with Crippen LogP contribution in [0.15, 0.2) is 104 Å². The molecule has 0 fully saturated rings. The van der Waals surface area contributed by atoms with Crippen LogP contribution in [-0.4, -0.2) is 22.6 Å². The number of thiazole rings is 1. The highest BCUT2D eigenvalue weighted by atomic mass is 32.2. The first-order valence-corrected chi connectivity index (χ1v) is 13.6. The van der Waals surface area contributed by atoms with Crippen LogP contribution in [0.25, 0.3) is 6.08 Å². The lowest BCUT2D eigenvalue weighted by molar-refractivity contribution is -0.387. The lowest BCUT2D eigenvalue weighted by Crippen LogP contribution is -2.39. The molecule has 0 amide bonds. The number of carbonyl (C=O) groups excluding carboxylic acids is 1. The molecule has 10 heteroatoms. The number of nitro groups is 1. The van der Waals surface area contributed by atoms with Gasteiger partial charge in [0.1, 0.15) is 0 Å². The van der Waals surface area contributed by atoms with E-state index in [1.807, 2.05) is 61.5 Å². The summed E-state index contributed by atoms with van der Waals surface area (Å²) in [5.74, 6) is -0.559. The van der Waals surface area contributed by atoms with Gasteiger partial charge in [-0.25, -0.2) is 9.79 Å². The normalized spacial score (nSPS) is 15.1. The van der Waals surface area contributed by atoms with E-state index in [4.69, 9.17) is 4.74 Å². The van der Waals surface area contributed by atoms with E-state index in [9.17, 15) is 19.7 Å². The van der Waals surface area contributed by atoms with Crippen molar-refractivity contribution < 1.29 is 14.5 Å². The van der Waals surface area contributed by atoms with Gasteiger partial charge in [-0.1, -0.05) is 77.2 Å². The van der Waals surface area contributed by atoms with E-state index in [-0.39, 0.29) is 16.8 Å². The molecule has 5 rings (SSSR count). The molecule has 1 aliphatic rings. The zero-order valence-electron chi connectivity index (χ0n) is 21.3. The minimum Gasteiger partial charge on any atom is -0.466 e. The van der Waals surface area contributed by atoms with E-state index >= 15 is 0 Å². The summed E-state index contributed by atoms with van der Waals surface area (Å²) in [5, 5.41) is 11.9. The Labute approximate surface area is 231 Å². The number of nitro benzene ring substituents is 1. The van der Waals surface area contributed by atoms with Crippen LogP contribution in [0.3, 0.4) is 0 Å². The molecular formula is C29H23N3O5S2. The molecule has 0 aliphatic carbocycles. The first kappa shape index (κ1) is 26.3. The molecule has 4 aromatic rings. The Morgan fingerprint density at radius 3 is 2.49 bits per heavy atom. The third kappa shape index (κ3) is 5.21. The molecule has 1 unspecified atom stereocenters. The number of nitrogens with zero attached hydrogens (tertiary/aromatic N) is 3. The van der Waals surface area contributed by atoms with E-state index < -0.39 is 16.9 Å². The first-order valence-electron chi connectivity index (χ1n) is 12.0. The maximum absolute atomic E-state index is 13.7. The minimum absolute atomic E-state index is 0.0481. The van der Waals surface area contributed by atoms with Gasteiger partial charge in [0.2, 0.25) is 0 Å².